The van der Waals surface area contributed by atoms with Crippen molar-refractivity contribution in [3.63, 3.8) is 0 Å². The lowest BCUT2D eigenvalue weighted by Crippen LogP contribution is -2.34. The third-order valence-electron chi connectivity index (χ3n) is 2.26. The van der Waals surface area contributed by atoms with E-state index in [-0.39, 0.29) is 6.42 Å². The number of nitriles is 1. The van der Waals surface area contributed by atoms with Crippen LogP contribution in [-0.2, 0) is 4.74 Å². The van der Waals surface area contributed by atoms with Crippen molar-refractivity contribution in [3.05, 3.63) is 34.9 Å². The zero-order valence-electron chi connectivity index (χ0n) is 11.2. The first kappa shape index (κ1) is 15.3. The van der Waals surface area contributed by atoms with Crippen molar-refractivity contribution in [1.82, 2.24) is 5.32 Å². The van der Waals surface area contributed by atoms with Crippen LogP contribution < -0.4 is 5.32 Å². The van der Waals surface area contributed by atoms with Crippen molar-refractivity contribution in [2.24, 2.45) is 0 Å². The molecule has 1 atom stereocenters. The second-order valence-electron chi connectivity index (χ2n) is 5.11. The van der Waals surface area contributed by atoms with E-state index in [2.05, 4.69) is 5.32 Å². The predicted molar refractivity (Wildman–Crippen MR) is 73.8 cm³/mol. The monoisotopic (exact) mass is 280 g/mol. The summed E-state index contributed by atoms with van der Waals surface area (Å²) in [4.78, 5) is 11.7. The van der Waals surface area contributed by atoms with Gasteiger partial charge in [-0.05, 0) is 38.5 Å². The molecule has 0 aliphatic carbocycles. The number of benzene rings is 1. The molecule has 102 valence electrons. The number of hydrogen-bond acceptors (Lipinski definition) is 3. The lowest BCUT2D eigenvalue weighted by atomic mass is 10.0. The minimum Gasteiger partial charge on any atom is -0.444 e. The summed E-state index contributed by atoms with van der Waals surface area (Å²) in [6.45, 7) is 5.36. The number of nitrogens with one attached hydrogen (secondary N) is 1. The molecular weight excluding hydrogens is 264 g/mol. The fraction of sp³-hybridized carbons (Fsp3) is 0.429. The van der Waals surface area contributed by atoms with Gasteiger partial charge in [0.15, 0.2) is 0 Å². The van der Waals surface area contributed by atoms with Gasteiger partial charge in [-0.15, -0.1) is 0 Å². The Morgan fingerprint density at radius 3 is 2.47 bits per heavy atom. The molecule has 1 N–H and O–H groups in total. The van der Waals surface area contributed by atoms with Gasteiger partial charge in [0.25, 0.3) is 0 Å². The van der Waals surface area contributed by atoms with Crippen LogP contribution in [0.25, 0.3) is 0 Å². The summed E-state index contributed by atoms with van der Waals surface area (Å²) in [5.41, 5.74) is 0.248. The Hall–Kier alpha value is -1.73. The van der Waals surface area contributed by atoms with Gasteiger partial charge in [0.1, 0.15) is 5.60 Å². The molecule has 1 rings (SSSR count). The highest BCUT2D eigenvalue weighted by atomic mass is 35.5. The van der Waals surface area contributed by atoms with E-state index in [1.165, 1.54) is 0 Å². The molecule has 0 unspecified atom stereocenters. The topological polar surface area (TPSA) is 62.1 Å². The first-order valence-corrected chi connectivity index (χ1v) is 6.31. The van der Waals surface area contributed by atoms with Crippen LogP contribution >= 0.6 is 11.6 Å². The van der Waals surface area contributed by atoms with Crippen molar-refractivity contribution >= 4 is 17.7 Å². The van der Waals surface area contributed by atoms with E-state index in [0.29, 0.717) is 5.02 Å². The number of ether oxygens (including phenoxy) is 1. The standard InChI is InChI=1S/C14H17ClN2O2/c1-14(2,3)19-13(18)17-12(8-9-16)10-4-6-11(15)7-5-10/h4-7,12H,8H2,1-3H3,(H,17,18)/t12-/m1/s1. The van der Waals surface area contributed by atoms with Crippen LogP contribution in [0, 0.1) is 11.3 Å². The third kappa shape index (κ3) is 5.62. The molecular formula is C14H17ClN2O2. The summed E-state index contributed by atoms with van der Waals surface area (Å²) in [6.07, 6.45) is -0.372. The molecule has 19 heavy (non-hydrogen) atoms. The number of rotatable bonds is 3. The minimum absolute atomic E-state index is 0.168. The van der Waals surface area contributed by atoms with Gasteiger partial charge in [-0.1, -0.05) is 23.7 Å². The van der Waals surface area contributed by atoms with E-state index in [1.54, 1.807) is 45.0 Å². The second-order valence-corrected chi connectivity index (χ2v) is 5.55. The van der Waals surface area contributed by atoms with Gasteiger partial charge in [0.05, 0.1) is 18.5 Å². The van der Waals surface area contributed by atoms with Crippen LogP contribution in [0.5, 0.6) is 0 Å². The van der Waals surface area contributed by atoms with E-state index in [4.69, 9.17) is 21.6 Å². The van der Waals surface area contributed by atoms with Gasteiger partial charge in [-0.25, -0.2) is 4.79 Å². The number of alkyl carbamates (subject to hydrolysis) is 1. The Morgan fingerprint density at radius 1 is 1.42 bits per heavy atom. The summed E-state index contributed by atoms with van der Waals surface area (Å²) in [5.74, 6) is 0. The Balaban J connectivity index is 2.76. The molecule has 0 bridgehead atoms. The molecule has 0 radical (unpaired) electrons. The van der Waals surface area contributed by atoms with E-state index in [1.807, 2.05) is 6.07 Å². The summed E-state index contributed by atoms with van der Waals surface area (Å²) in [6, 6.07) is 8.64. The molecule has 0 aromatic heterocycles. The van der Waals surface area contributed by atoms with Crippen molar-refractivity contribution in [1.29, 1.82) is 5.26 Å². The summed E-state index contributed by atoms with van der Waals surface area (Å²) in [5, 5.41) is 12.1. The lowest BCUT2D eigenvalue weighted by Gasteiger charge is -2.22. The van der Waals surface area contributed by atoms with Gasteiger partial charge in [-0.3, -0.25) is 0 Å². The van der Waals surface area contributed by atoms with Crippen LogP contribution in [0.1, 0.15) is 38.8 Å². The van der Waals surface area contributed by atoms with Crippen LogP contribution in [0.15, 0.2) is 24.3 Å². The molecule has 1 aromatic carbocycles. The molecule has 0 saturated heterocycles. The maximum absolute atomic E-state index is 11.7. The highest BCUT2D eigenvalue weighted by Gasteiger charge is 2.20. The number of nitrogens with zero attached hydrogens (tertiary/aromatic N) is 1. The Morgan fingerprint density at radius 2 is 2.00 bits per heavy atom. The molecule has 1 amide bonds. The largest absolute Gasteiger partial charge is 0.444 e. The van der Waals surface area contributed by atoms with Crippen LogP contribution in [0.3, 0.4) is 0 Å². The summed E-state index contributed by atoms with van der Waals surface area (Å²) >= 11 is 5.81. The van der Waals surface area contributed by atoms with E-state index in [0.717, 1.165) is 5.56 Å². The smallest absolute Gasteiger partial charge is 0.408 e. The van der Waals surface area contributed by atoms with E-state index >= 15 is 0 Å². The quantitative estimate of drug-likeness (QED) is 0.915. The Bertz CT molecular complexity index is 472. The Kier molecular flexibility index (Phi) is 5.20. The number of halogens is 1. The number of amides is 1. The molecule has 0 fully saturated rings. The summed E-state index contributed by atoms with van der Waals surface area (Å²) < 4.78 is 5.17. The fourth-order valence-corrected chi connectivity index (χ4v) is 1.61. The average molecular weight is 281 g/mol. The van der Waals surface area contributed by atoms with Gasteiger partial charge in [-0.2, -0.15) is 5.26 Å². The molecule has 0 spiro atoms. The average Bonchev–Trinajstić information content (AvgIpc) is 2.27. The van der Waals surface area contributed by atoms with E-state index < -0.39 is 17.7 Å². The van der Waals surface area contributed by atoms with Crippen molar-refractivity contribution in [3.8, 4) is 6.07 Å². The van der Waals surface area contributed by atoms with Gasteiger partial charge < -0.3 is 10.1 Å². The van der Waals surface area contributed by atoms with Crippen LogP contribution in [0.2, 0.25) is 5.02 Å². The summed E-state index contributed by atoms with van der Waals surface area (Å²) in [7, 11) is 0. The second kappa shape index (κ2) is 6.44. The van der Waals surface area contributed by atoms with Crippen LogP contribution in [0.4, 0.5) is 4.79 Å². The SMILES string of the molecule is CC(C)(C)OC(=O)N[C@H](CC#N)c1ccc(Cl)cc1. The molecule has 4 nitrogen and oxygen atoms in total. The first-order valence-electron chi connectivity index (χ1n) is 5.94. The van der Waals surface area contributed by atoms with Crippen molar-refractivity contribution in [2.45, 2.75) is 38.8 Å². The van der Waals surface area contributed by atoms with E-state index in [9.17, 15) is 4.79 Å². The molecule has 0 aliphatic heterocycles. The number of carbonyl (C=O) groups excluding carboxylic acids is 1. The van der Waals surface area contributed by atoms with Gasteiger partial charge in [0, 0.05) is 5.02 Å². The van der Waals surface area contributed by atoms with Gasteiger partial charge >= 0.3 is 6.09 Å². The maximum atomic E-state index is 11.7. The van der Waals surface area contributed by atoms with Crippen molar-refractivity contribution in [2.75, 3.05) is 0 Å². The highest BCUT2D eigenvalue weighted by molar-refractivity contribution is 6.30. The van der Waals surface area contributed by atoms with Crippen molar-refractivity contribution < 1.29 is 9.53 Å². The maximum Gasteiger partial charge on any atom is 0.408 e. The lowest BCUT2D eigenvalue weighted by molar-refractivity contribution is 0.0504. The third-order valence-corrected chi connectivity index (χ3v) is 2.51. The molecule has 5 heteroatoms. The fourth-order valence-electron chi connectivity index (χ4n) is 1.49. The number of hydrogen-bond donors (Lipinski definition) is 1. The molecule has 0 heterocycles. The Labute approximate surface area is 118 Å². The first-order chi connectivity index (χ1) is 8.81. The highest BCUT2D eigenvalue weighted by Crippen LogP contribution is 2.20. The minimum atomic E-state index is -0.568. The molecule has 1 aromatic rings. The predicted octanol–water partition coefficient (Wildman–Crippen LogP) is 3.82. The molecule has 0 saturated carbocycles. The normalized spacial score (nSPS) is 12.4. The van der Waals surface area contributed by atoms with Gasteiger partial charge in [0.2, 0.25) is 0 Å². The number of carbonyl (C=O) groups is 1. The zero-order chi connectivity index (χ0) is 14.5. The van der Waals surface area contributed by atoms with Crippen LogP contribution in [-0.4, -0.2) is 11.7 Å². The molecule has 0 aliphatic rings. The zero-order valence-corrected chi connectivity index (χ0v) is 12.0.